The molecule has 6 heteroatoms. The highest BCUT2D eigenvalue weighted by molar-refractivity contribution is 6.33. The van der Waals surface area contributed by atoms with E-state index in [1.165, 1.54) is 12.6 Å². The zero-order chi connectivity index (χ0) is 13.8. The third-order valence-corrected chi connectivity index (χ3v) is 3.54. The SMILES string of the molecule is CC(Nc1ncc(N)cc1Cl)C(=O)N1CCCCC1. The summed E-state index contributed by atoms with van der Waals surface area (Å²) in [6.45, 7) is 3.51. The fraction of sp³-hybridized carbons (Fsp3) is 0.538. The van der Waals surface area contributed by atoms with Gasteiger partial charge in [-0.3, -0.25) is 4.79 Å². The van der Waals surface area contributed by atoms with Gasteiger partial charge in [0.05, 0.1) is 16.9 Å². The number of nitrogens with two attached hydrogens (primary N) is 1. The number of anilines is 2. The summed E-state index contributed by atoms with van der Waals surface area (Å²) < 4.78 is 0. The van der Waals surface area contributed by atoms with E-state index in [1.807, 2.05) is 11.8 Å². The molecule has 0 aromatic carbocycles. The van der Waals surface area contributed by atoms with Gasteiger partial charge in [-0.05, 0) is 32.3 Å². The topological polar surface area (TPSA) is 71.2 Å². The Balaban J connectivity index is 1.99. The van der Waals surface area contributed by atoms with Crippen LogP contribution < -0.4 is 11.1 Å². The minimum Gasteiger partial charge on any atom is -0.397 e. The highest BCUT2D eigenvalue weighted by atomic mass is 35.5. The summed E-state index contributed by atoms with van der Waals surface area (Å²) in [5.74, 6) is 0.586. The van der Waals surface area contributed by atoms with E-state index < -0.39 is 0 Å². The monoisotopic (exact) mass is 282 g/mol. The molecule has 1 fully saturated rings. The van der Waals surface area contributed by atoms with Gasteiger partial charge in [0, 0.05) is 13.1 Å². The molecule has 2 heterocycles. The molecule has 1 saturated heterocycles. The largest absolute Gasteiger partial charge is 0.397 e. The average molecular weight is 283 g/mol. The first-order valence-corrected chi connectivity index (χ1v) is 6.92. The third kappa shape index (κ3) is 3.50. The molecule has 1 aromatic heterocycles. The van der Waals surface area contributed by atoms with Crippen LogP contribution in [0.3, 0.4) is 0 Å². The number of nitrogens with one attached hydrogen (secondary N) is 1. The van der Waals surface area contributed by atoms with Crippen LogP contribution in [0.5, 0.6) is 0 Å². The van der Waals surface area contributed by atoms with Crippen LogP contribution in [0, 0.1) is 0 Å². The second-order valence-corrected chi connectivity index (χ2v) is 5.26. The number of piperidine rings is 1. The maximum atomic E-state index is 12.2. The number of hydrogen-bond acceptors (Lipinski definition) is 4. The molecule has 1 aliphatic rings. The predicted molar refractivity (Wildman–Crippen MR) is 77.2 cm³/mol. The Hall–Kier alpha value is -1.49. The van der Waals surface area contributed by atoms with E-state index in [0.717, 1.165) is 25.9 Å². The molecule has 3 N–H and O–H groups in total. The second kappa shape index (κ2) is 6.10. The van der Waals surface area contributed by atoms with Gasteiger partial charge in [-0.25, -0.2) is 4.98 Å². The molecular weight excluding hydrogens is 264 g/mol. The van der Waals surface area contributed by atoms with Gasteiger partial charge >= 0.3 is 0 Å². The quantitative estimate of drug-likeness (QED) is 0.891. The van der Waals surface area contributed by atoms with Gasteiger partial charge in [0.2, 0.25) is 5.91 Å². The number of hydrogen-bond donors (Lipinski definition) is 2. The van der Waals surface area contributed by atoms with Gasteiger partial charge in [-0.15, -0.1) is 0 Å². The van der Waals surface area contributed by atoms with Crippen molar-refractivity contribution in [3.63, 3.8) is 0 Å². The van der Waals surface area contributed by atoms with Crippen molar-refractivity contribution in [1.82, 2.24) is 9.88 Å². The van der Waals surface area contributed by atoms with Crippen molar-refractivity contribution in [2.45, 2.75) is 32.2 Å². The highest BCUT2D eigenvalue weighted by Gasteiger charge is 2.22. The van der Waals surface area contributed by atoms with Crippen LogP contribution in [0.2, 0.25) is 5.02 Å². The van der Waals surface area contributed by atoms with E-state index in [9.17, 15) is 4.79 Å². The number of carbonyl (C=O) groups excluding carboxylic acids is 1. The molecule has 0 bridgehead atoms. The lowest BCUT2D eigenvalue weighted by atomic mass is 10.1. The second-order valence-electron chi connectivity index (χ2n) is 4.85. The fourth-order valence-corrected chi connectivity index (χ4v) is 2.44. The standard InChI is InChI=1S/C13H19ClN4O/c1-9(13(19)18-5-3-2-4-6-18)17-12-11(14)7-10(15)8-16-12/h7-9H,2-6,15H2,1H3,(H,16,17). The smallest absolute Gasteiger partial charge is 0.244 e. The lowest BCUT2D eigenvalue weighted by molar-refractivity contribution is -0.132. The Morgan fingerprint density at radius 2 is 2.16 bits per heavy atom. The maximum Gasteiger partial charge on any atom is 0.244 e. The predicted octanol–water partition coefficient (Wildman–Crippen LogP) is 2.13. The minimum atomic E-state index is -0.341. The van der Waals surface area contributed by atoms with Crippen molar-refractivity contribution in [1.29, 1.82) is 0 Å². The van der Waals surface area contributed by atoms with Crippen LogP contribution in [0.1, 0.15) is 26.2 Å². The summed E-state index contributed by atoms with van der Waals surface area (Å²) in [5.41, 5.74) is 6.09. The Morgan fingerprint density at radius 3 is 2.79 bits per heavy atom. The first-order valence-electron chi connectivity index (χ1n) is 6.54. The Bertz CT molecular complexity index is 460. The number of halogens is 1. The van der Waals surface area contributed by atoms with E-state index in [-0.39, 0.29) is 11.9 Å². The summed E-state index contributed by atoms with van der Waals surface area (Å²) >= 11 is 6.03. The van der Waals surface area contributed by atoms with E-state index >= 15 is 0 Å². The molecule has 0 spiro atoms. The molecular formula is C13H19ClN4O. The van der Waals surface area contributed by atoms with Crippen molar-refractivity contribution in [2.75, 3.05) is 24.1 Å². The molecule has 5 nitrogen and oxygen atoms in total. The summed E-state index contributed by atoms with van der Waals surface area (Å²) in [4.78, 5) is 18.3. The molecule has 1 unspecified atom stereocenters. The Labute approximate surface area is 118 Å². The van der Waals surface area contributed by atoms with E-state index in [4.69, 9.17) is 17.3 Å². The summed E-state index contributed by atoms with van der Waals surface area (Å²) in [6.07, 6.45) is 4.89. The number of carbonyl (C=O) groups is 1. The van der Waals surface area contributed by atoms with Crippen LogP contribution in [0.25, 0.3) is 0 Å². The molecule has 2 rings (SSSR count). The fourth-order valence-electron chi connectivity index (χ4n) is 2.21. The van der Waals surface area contributed by atoms with Crippen LogP contribution in [0.4, 0.5) is 11.5 Å². The van der Waals surface area contributed by atoms with Crippen molar-refractivity contribution in [2.24, 2.45) is 0 Å². The van der Waals surface area contributed by atoms with Gasteiger partial charge in [-0.2, -0.15) is 0 Å². The zero-order valence-corrected chi connectivity index (χ0v) is 11.8. The minimum absolute atomic E-state index is 0.0920. The number of rotatable bonds is 3. The Kier molecular flexibility index (Phi) is 4.47. The van der Waals surface area contributed by atoms with Crippen molar-refractivity contribution in [3.05, 3.63) is 17.3 Å². The lowest BCUT2D eigenvalue weighted by Crippen LogP contribution is -2.44. The van der Waals surface area contributed by atoms with Gasteiger partial charge < -0.3 is 16.0 Å². The number of pyridine rings is 1. The lowest BCUT2D eigenvalue weighted by Gasteiger charge is -2.29. The zero-order valence-electron chi connectivity index (χ0n) is 11.0. The van der Waals surface area contributed by atoms with Crippen molar-refractivity contribution < 1.29 is 4.79 Å². The van der Waals surface area contributed by atoms with E-state index in [1.54, 1.807) is 6.07 Å². The van der Waals surface area contributed by atoms with E-state index in [2.05, 4.69) is 10.3 Å². The van der Waals surface area contributed by atoms with Gasteiger partial charge in [0.25, 0.3) is 0 Å². The van der Waals surface area contributed by atoms with Crippen LogP contribution in [0.15, 0.2) is 12.3 Å². The van der Waals surface area contributed by atoms with Gasteiger partial charge in [-0.1, -0.05) is 11.6 Å². The number of nitrogen functional groups attached to an aromatic ring is 1. The van der Waals surface area contributed by atoms with Crippen molar-refractivity contribution in [3.8, 4) is 0 Å². The molecule has 1 aromatic rings. The van der Waals surface area contributed by atoms with E-state index in [0.29, 0.717) is 16.5 Å². The van der Waals surface area contributed by atoms with Crippen LogP contribution in [-0.4, -0.2) is 34.9 Å². The number of amides is 1. The van der Waals surface area contributed by atoms with Crippen LogP contribution >= 0.6 is 11.6 Å². The van der Waals surface area contributed by atoms with Crippen LogP contribution in [-0.2, 0) is 4.79 Å². The molecule has 0 saturated carbocycles. The van der Waals surface area contributed by atoms with Gasteiger partial charge in [0.15, 0.2) is 0 Å². The molecule has 0 aliphatic carbocycles. The number of nitrogens with zero attached hydrogens (tertiary/aromatic N) is 2. The van der Waals surface area contributed by atoms with Gasteiger partial charge in [0.1, 0.15) is 11.9 Å². The third-order valence-electron chi connectivity index (χ3n) is 3.25. The maximum absolute atomic E-state index is 12.2. The Morgan fingerprint density at radius 1 is 1.47 bits per heavy atom. The normalized spacial score (nSPS) is 17.1. The molecule has 1 amide bonds. The average Bonchev–Trinajstić information content (AvgIpc) is 2.42. The summed E-state index contributed by atoms with van der Waals surface area (Å²) in [6, 6.07) is 1.28. The highest BCUT2D eigenvalue weighted by Crippen LogP contribution is 2.22. The summed E-state index contributed by atoms with van der Waals surface area (Å²) in [7, 11) is 0. The molecule has 19 heavy (non-hydrogen) atoms. The molecule has 1 aliphatic heterocycles. The summed E-state index contributed by atoms with van der Waals surface area (Å²) in [5, 5.41) is 3.47. The molecule has 0 radical (unpaired) electrons. The first-order chi connectivity index (χ1) is 9.08. The number of likely N-dealkylation sites (tertiary alicyclic amines) is 1. The number of aromatic nitrogens is 1. The molecule has 104 valence electrons. The molecule has 1 atom stereocenters. The van der Waals surface area contributed by atoms with Crippen molar-refractivity contribution >= 4 is 29.0 Å². The first kappa shape index (κ1) is 13.9.